The molecule has 9 nitrogen and oxygen atoms in total. The van der Waals surface area contributed by atoms with Crippen LogP contribution >= 0.6 is 0 Å². The van der Waals surface area contributed by atoms with Gasteiger partial charge in [0.1, 0.15) is 29.5 Å². The van der Waals surface area contributed by atoms with Crippen LogP contribution in [0.15, 0.2) is 58.8 Å². The van der Waals surface area contributed by atoms with Crippen LogP contribution in [0.3, 0.4) is 0 Å². The first kappa shape index (κ1) is 27.2. The number of rotatable bonds is 8. The van der Waals surface area contributed by atoms with Crippen molar-refractivity contribution >= 4 is 35.5 Å². The van der Waals surface area contributed by atoms with E-state index in [1.807, 2.05) is 0 Å². The topological polar surface area (TPSA) is 113 Å². The maximum atomic E-state index is 13.9. The molecular formula is C24H23F4N5O4. The minimum absolute atomic E-state index is 0.0133. The monoisotopic (exact) mass is 521 g/mol. The first-order chi connectivity index (χ1) is 17.4. The summed E-state index contributed by atoms with van der Waals surface area (Å²) in [5.41, 5.74) is 0.375. The first-order valence-corrected chi connectivity index (χ1v) is 10.9. The van der Waals surface area contributed by atoms with E-state index in [9.17, 15) is 27.2 Å². The molecule has 3 rings (SSSR count). The summed E-state index contributed by atoms with van der Waals surface area (Å²) in [5, 5.41) is 7.27. The maximum Gasteiger partial charge on any atom is 0.573 e. The minimum atomic E-state index is -4.96. The molecule has 1 fully saturated rings. The molecule has 0 bridgehead atoms. The Morgan fingerprint density at radius 3 is 2.41 bits per heavy atom. The molecule has 13 heteroatoms. The number of hydrogen-bond donors (Lipinski definition) is 3. The molecule has 0 unspecified atom stereocenters. The zero-order chi connectivity index (χ0) is 27.2. The number of carbonyl (C=O) groups is 2. The van der Waals surface area contributed by atoms with Crippen LogP contribution in [0.1, 0.15) is 25.3 Å². The molecule has 0 aromatic heterocycles. The summed E-state index contributed by atoms with van der Waals surface area (Å²) in [6.45, 7) is 6.94. The second kappa shape index (κ2) is 11.5. The van der Waals surface area contributed by atoms with Gasteiger partial charge < -0.3 is 25.4 Å². The summed E-state index contributed by atoms with van der Waals surface area (Å²) in [5.74, 6) is -0.912. The number of aliphatic imine (C=N–C) groups is 2. The number of anilines is 2. The van der Waals surface area contributed by atoms with E-state index in [2.05, 4.69) is 37.3 Å². The van der Waals surface area contributed by atoms with Crippen molar-refractivity contribution in [2.24, 2.45) is 15.9 Å². The molecule has 3 amide bonds. The van der Waals surface area contributed by atoms with E-state index < -0.39 is 29.6 Å². The molecule has 2 aromatic rings. The van der Waals surface area contributed by atoms with Crippen molar-refractivity contribution in [3.63, 3.8) is 0 Å². The molecule has 3 N–H and O–H groups in total. The Morgan fingerprint density at radius 2 is 1.76 bits per heavy atom. The highest BCUT2D eigenvalue weighted by molar-refractivity contribution is 6.01. The summed E-state index contributed by atoms with van der Waals surface area (Å²) in [4.78, 5) is 31.9. The van der Waals surface area contributed by atoms with Crippen LogP contribution in [0.2, 0.25) is 0 Å². The van der Waals surface area contributed by atoms with Crippen LogP contribution in [0.25, 0.3) is 0 Å². The number of alkyl halides is 3. The highest BCUT2D eigenvalue weighted by Gasteiger charge is 2.31. The van der Waals surface area contributed by atoms with Crippen LogP contribution in [-0.4, -0.2) is 30.5 Å². The molecular weight excluding hydrogens is 498 g/mol. The Hall–Kier alpha value is -4.42. The summed E-state index contributed by atoms with van der Waals surface area (Å²) < 4.78 is 60.3. The third-order valence-corrected chi connectivity index (χ3v) is 4.81. The zero-order valence-corrected chi connectivity index (χ0v) is 19.8. The lowest BCUT2D eigenvalue weighted by atomic mass is 10.2. The van der Waals surface area contributed by atoms with Gasteiger partial charge in [0.15, 0.2) is 0 Å². The molecule has 1 aliphatic rings. The van der Waals surface area contributed by atoms with Crippen molar-refractivity contribution < 1.29 is 36.6 Å². The Labute approximate surface area is 209 Å². The highest BCUT2D eigenvalue weighted by atomic mass is 19.4. The number of nitrogens with zero attached hydrogens (tertiary/aromatic N) is 2. The van der Waals surface area contributed by atoms with Crippen LogP contribution in [0.5, 0.6) is 11.5 Å². The maximum absolute atomic E-state index is 13.9. The summed E-state index contributed by atoms with van der Waals surface area (Å²) in [6.07, 6.45) is -2.02. The van der Waals surface area contributed by atoms with E-state index in [1.165, 1.54) is 18.5 Å². The smallest absolute Gasteiger partial charge is 0.440 e. The molecule has 1 aliphatic carbocycles. The van der Waals surface area contributed by atoms with Gasteiger partial charge in [0.05, 0.1) is 5.69 Å². The fourth-order valence-corrected chi connectivity index (χ4v) is 2.91. The molecule has 196 valence electrons. The number of ether oxygens (including phenoxy) is 2. The highest BCUT2D eigenvalue weighted by Crippen LogP contribution is 2.29. The molecule has 0 atom stereocenters. The van der Waals surface area contributed by atoms with Gasteiger partial charge in [-0.1, -0.05) is 0 Å². The number of carbonyl (C=O) groups excluding carboxylic acids is 2. The Kier molecular flexibility index (Phi) is 8.48. The number of amides is 3. The lowest BCUT2D eigenvalue weighted by Gasteiger charge is -2.13. The van der Waals surface area contributed by atoms with Gasteiger partial charge in [0.25, 0.3) is 0 Å². The minimum Gasteiger partial charge on any atom is -0.440 e. The van der Waals surface area contributed by atoms with Crippen molar-refractivity contribution in [1.82, 2.24) is 5.32 Å². The van der Waals surface area contributed by atoms with E-state index in [1.54, 1.807) is 19.9 Å². The molecule has 0 heterocycles. The number of hydrogen-bond acceptors (Lipinski definition) is 5. The molecule has 37 heavy (non-hydrogen) atoms. The molecule has 0 aliphatic heterocycles. The van der Waals surface area contributed by atoms with Gasteiger partial charge in [-0.2, -0.15) is 0 Å². The Morgan fingerprint density at radius 1 is 1.08 bits per heavy atom. The van der Waals surface area contributed by atoms with Crippen molar-refractivity contribution in [3.05, 3.63) is 60.2 Å². The van der Waals surface area contributed by atoms with E-state index in [4.69, 9.17) is 4.74 Å². The van der Waals surface area contributed by atoms with Gasteiger partial charge in [0, 0.05) is 17.7 Å². The fourth-order valence-electron chi connectivity index (χ4n) is 2.91. The standard InChI is InChI=1S/C24H23F4N5O4/c1-13-10-17(36-15(3)30-12-29-14(2)31-22(34)16-4-5-16)7-9-20(13)32-23(35)33-21-11-18(6-8-19(21)25)37-24(26,27)28/h6-12,16H,3-5H2,1-2H3,(H2,32,33,35)(H,29,30,31,34). The quantitative estimate of drug-likeness (QED) is 0.184. The third-order valence-electron chi connectivity index (χ3n) is 4.81. The molecule has 1 saturated carbocycles. The summed E-state index contributed by atoms with van der Waals surface area (Å²) >= 11 is 0. The van der Waals surface area contributed by atoms with Crippen molar-refractivity contribution in [2.45, 2.75) is 33.1 Å². The number of urea groups is 1. The van der Waals surface area contributed by atoms with E-state index >= 15 is 0 Å². The molecule has 2 aromatic carbocycles. The van der Waals surface area contributed by atoms with Gasteiger partial charge in [-0.15, -0.1) is 13.2 Å². The molecule has 0 radical (unpaired) electrons. The van der Waals surface area contributed by atoms with Crippen LogP contribution in [-0.2, 0) is 4.79 Å². The van der Waals surface area contributed by atoms with E-state index in [-0.39, 0.29) is 17.7 Å². The largest absolute Gasteiger partial charge is 0.573 e. The van der Waals surface area contributed by atoms with Crippen LogP contribution < -0.4 is 25.4 Å². The van der Waals surface area contributed by atoms with Crippen molar-refractivity contribution in [2.75, 3.05) is 10.6 Å². The summed E-state index contributed by atoms with van der Waals surface area (Å²) in [7, 11) is 0. The number of benzene rings is 2. The van der Waals surface area contributed by atoms with Gasteiger partial charge in [-0.25, -0.2) is 19.2 Å². The normalized spacial score (nSPS) is 13.7. The van der Waals surface area contributed by atoms with Crippen molar-refractivity contribution in [3.8, 4) is 11.5 Å². The SMILES string of the molecule is C=C(/N=C\N=C(/C)NC(=O)C1CC1)Oc1ccc(NC(=O)Nc2cc(OC(F)(F)F)ccc2F)c(C)c1. The van der Waals surface area contributed by atoms with Crippen LogP contribution in [0.4, 0.5) is 33.7 Å². The van der Waals surface area contributed by atoms with Gasteiger partial charge in [0.2, 0.25) is 11.8 Å². The van der Waals surface area contributed by atoms with Gasteiger partial charge >= 0.3 is 12.4 Å². The number of amidine groups is 1. The lowest BCUT2D eigenvalue weighted by Crippen LogP contribution is -2.29. The second-order valence-corrected chi connectivity index (χ2v) is 7.96. The van der Waals surface area contributed by atoms with Gasteiger partial charge in [-0.3, -0.25) is 4.79 Å². The van der Waals surface area contributed by atoms with Gasteiger partial charge in [-0.05, 0) is 69.2 Å². The van der Waals surface area contributed by atoms with E-state index in [0.717, 1.165) is 25.0 Å². The Bertz CT molecular complexity index is 1260. The average molecular weight is 521 g/mol. The molecule has 0 spiro atoms. The first-order valence-electron chi connectivity index (χ1n) is 10.9. The number of nitrogens with one attached hydrogen (secondary N) is 3. The number of aryl methyl sites for hydroxylation is 1. The van der Waals surface area contributed by atoms with Crippen molar-refractivity contribution in [1.29, 1.82) is 0 Å². The predicted octanol–water partition coefficient (Wildman–Crippen LogP) is 5.50. The second-order valence-electron chi connectivity index (χ2n) is 7.96. The molecule has 0 saturated heterocycles. The average Bonchev–Trinajstić information content (AvgIpc) is 3.62. The van der Waals surface area contributed by atoms with E-state index in [0.29, 0.717) is 28.9 Å². The number of halogens is 4. The fraction of sp³-hybridized carbons (Fsp3) is 0.250. The zero-order valence-electron chi connectivity index (χ0n) is 19.8. The summed E-state index contributed by atoms with van der Waals surface area (Å²) in [6, 6.07) is 5.91. The predicted molar refractivity (Wildman–Crippen MR) is 129 cm³/mol. The lowest BCUT2D eigenvalue weighted by molar-refractivity contribution is -0.274. The third kappa shape index (κ3) is 8.94. The Balaban J connectivity index is 1.54. The van der Waals surface area contributed by atoms with Crippen LogP contribution in [0, 0.1) is 18.7 Å².